The third-order valence-corrected chi connectivity index (χ3v) is 4.12. The minimum Gasteiger partial charge on any atom is -0.375 e. The smallest absolute Gasteiger partial charge is 0.242 e. The van der Waals surface area contributed by atoms with Crippen LogP contribution in [0.4, 0.5) is 10.1 Å². The van der Waals surface area contributed by atoms with Gasteiger partial charge in [0.15, 0.2) is 0 Å². The van der Waals surface area contributed by atoms with Gasteiger partial charge in [0.1, 0.15) is 5.82 Å². The van der Waals surface area contributed by atoms with Crippen molar-refractivity contribution in [3.05, 3.63) is 71.0 Å². The van der Waals surface area contributed by atoms with Crippen molar-refractivity contribution < 1.29 is 9.18 Å². The highest BCUT2D eigenvalue weighted by atomic mass is 35.5. The van der Waals surface area contributed by atoms with E-state index in [1.165, 1.54) is 12.1 Å². The zero-order valence-electron chi connectivity index (χ0n) is 12.4. The average Bonchev–Trinajstić information content (AvgIpc) is 3.04. The Hall–Kier alpha value is -2.33. The van der Waals surface area contributed by atoms with Crippen molar-refractivity contribution in [1.82, 2.24) is 4.90 Å². The molecule has 3 rings (SSSR count). The molecule has 0 aromatic heterocycles. The molecule has 1 aliphatic heterocycles. The maximum absolute atomic E-state index is 13.0. The van der Waals surface area contributed by atoms with Gasteiger partial charge in [-0.05, 0) is 35.4 Å². The molecule has 5 heteroatoms. The number of carbonyl (C=O) groups excluding carboxylic acids is 1. The number of amides is 1. The summed E-state index contributed by atoms with van der Waals surface area (Å²) in [5.41, 5.74) is 2.73. The minimum atomic E-state index is -0.260. The molecule has 0 bridgehead atoms. The van der Waals surface area contributed by atoms with Crippen LogP contribution in [-0.2, 0) is 4.79 Å². The van der Waals surface area contributed by atoms with Crippen LogP contribution in [0.15, 0.2) is 54.6 Å². The molecule has 0 spiro atoms. The number of halogens is 2. The number of hydrogen-bond donors (Lipinski definition) is 1. The van der Waals surface area contributed by atoms with Gasteiger partial charge in [-0.1, -0.05) is 41.9 Å². The average molecular weight is 331 g/mol. The summed E-state index contributed by atoms with van der Waals surface area (Å²) in [6.45, 7) is 1.29. The van der Waals surface area contributed by atoms with E-state index in [-0.39, 0.29) is 18.3 Å². The molecular formula is C18H16ClFN2O. The molecule has 1 N–H and O–H groups in total. The molecule has 0 atom stereocenters. The lowest BCUT2D eigenvalue weighted by atomic mass is 10.1. The first-order valence-electron chi connectivity index (χ1n) is 7.34. The van der Waals surface area contributed by atoms with Crippen LogP contribution in [0.3, 0.4) is 0 Å². The molecule has 23 heavy (non-hydrogen) atoms. The molecule has 118 valence electrons. The van der Waals surface area contributed by atoms with Crippen molar-refractivity contribution >= 4 is 28.8 Å². The standard InChI is InChI=1S/C18H16ClFN2O/c19-16-3-1-2-4-17(16)21-11-18(23)22-10-9-14(12-22)13-5-7-15(20)8-6-13/h1-9,21H,10-12H2. The number of benzene rings is 2. The van der Waals surface area contributed by atoms with E-state index < -0.39 is 0 Å². The number of nitrogens with one attached hydrogen (secondary N) is 1. The van der Waals surface area contributed by atoms with Gasteiger partial charge in [0, 0.05) is 13.1 Å². The summed E-state index contributed by atoms with van der Waals surface area (Å²) in [5, 5.41) is 3.65. The van der Waals surface area contributed by atoms with Crippen LogP contribution in [0, 0.1) is 5.82 Å². The first-order chi connectivity index (χ1) is 11.1. The lowest BCUT2D eigenvalue weighted by molar-refractivity contribution is -0.127. The van der Waals surface area contributed by atoms with Crippen LogP contribution < -0.4 is 5.32 Å². The molecule has 1 aliphatic rings. The van der Waals surface area contributed by atoms with Crippen LogP contribution in [0.25, 0.3) is 5.57 Å². The van der Waals surface area contributed by atoms with Gasteiger partial charge in [0.2, 0.25) is 5.91 Å². The van der Waals surface area contributed by atoms with E-state index in [0.717, 1.165) is 16.8 Å². The van der Waals surface area contributed by atoms with Crippen LogP contribution in [0.1, 0.15) is 5.56 Å². The van der Waals surface area contributed by atoms with Gasteiger partial charge in [0.05, 0.1) is 17.3 Å². The van der Waals surface area contributed by atoms with Crippen molar-refractivity contribution in [1.29, 1.82) is 0 Å². The van der Waals surface area contributed by atoms with E-state index in [1.807, 2.05) is 24.3 Å². The van der Waals surface area contributed by atoms with Gasteiger partial charge in [-0.15, -0.1) is 0 Å². The second kappa shape index (κ2) is 6.84. The quantitative estimate of drug-likeness (QED) is 0.924. The highest BCUT2D eigenvalue weighted by Crippen LogP contribution is 2.22. The van der Waals surface area contributed by atoms with Gasteiger partial charge in [0.25, 0.3) is 0 Å². The lowest BCUT2D eigenvalue weighted by Crippen LogP contribution is -2.33. The Balaban J connectivity index is 1.56. The van der Waals surface area contributed by atoms with Crippen molar-refractivity contribution in [2.24, 2.45) is 0 Å². The zero-order chi connectivity index (χ0) is 16.2. The normalized spacial score (nSPS) is 13.8. The van der Waals surface area contributed by atoms with Crippen molar-refractivity contribution in [2.75, 3.05) is 25.0 Å². The Morgan fingerprint density at radius 1 is 1.17 bits per heavy atom. The second-order valence-corrected chi connectivity index (χ2v) is 5.75. The van der Waals surface area contributed by atoms with Crippen molar-refractivity contribution in [2.45, 2.75) is 0 Å². The molecule has 1 amide bonds. The molecule has 1 heterocycles. The van der Waals surface area contributed by atoms with Crippen LogP contribution in [0.2, 0.25) is 5.02 Å². The highest BCUT2D eigenvalue weighted by molar-refractivity contribution is 6.33. The van der Waals surface area contributed by atoms with Gasteiger partial charge in [-0.2, -0.15) is 0 Å². The van der Waals surface area contributed by atoms with Gasteiger partial charge in [-0.3, -0.25) is 4.79 Å². The van der Waals surface area contributed by atoms with Crippen molar-refractivity contribution in [3.8, 4) is 0 Å². The molecule has 0 saturated carbocycles. The van der Waals surface area contributed by atoms with Crippen LogP contribution in [-0.4, -0.2) is 30.4 Å². The lowest BCUT2D eigenvalue weighted by Gasteiger charge is -2.17. The molecule has 0 fully saturated rings. The number of anilines is 1. The Bertz CT molecular complexity index is 743. The summed E-state index contributed by atoms with van der Waals surface area (Å²) < 4.78 is 13.0. The monoisotopic (exact) mass is 330 g/mol. The fraction of sp³-hybridized carbons (Fsp3) is 0.167. The van der Waals surface area contributed by atoms with Crippen LogP contribution >= 0.6 is 11.6 Å². The number of hydrogen-bond acceptors (Lipinski definition) is 2. The second-order valence-electron chi connectivity index (χ2n) is 5.34. The summed E-state index contributed by atoms with van der Waals surface area (Å²) in [5.74, 6) is -0.262. The van der Waals surface area contributed by atoms with E-state index >= 15 is 0 Å². The SMILES string of the molecule is O=C(CNc1ccccc1Cl)N1CC=C(c2ccc(F)cc2)C1. The Labute approximate surface area is 139 Å². The molecular weight excluding hydrogens is 315 g/mol. The van der Waals surface area contributed by atoms with E-state index in [4.69, 9.17) is 11.6 Å². The summed E-state index contributed by atoms with van der Waals surface area (Å²) in [4.78, 5) is 14.0. The first-order valence-corrected chi connectivity index (χ1v) is 7.72. The molecule has 0 aliphatic carbocycles. The summed E-state index contributed by atoms with van der Waals surface area (Å²) in [6.07, 6.45) is 2.00. The number of rotatable bonds is 4. The van der Waals surface area contributed by atoms with E-state index in [0.29, 0.717) is 18.1 Å². The van der Waals surface area contributed by atoms with E-state index in [2.05, 4.69) is 5.32 Å². The fourth-order valence-corrected chi connectivity index (χ4v) is 2.71. The molecule has 2 aromatic carbocycles. The molecule has 3 nitrogen and oxygen atoms in total. The van der Waals surface area contributed by atoms with Gasteiger partial charge >= 0.3 is 0 Å². The maximum atomic E-state index is 13.0. The third kappa shape index (κ3) is 3.71. The summed E-state index contributed by atoms with van der Waals surface area (Å²) in [7, 11) is 0. The summed E-state index contributed by atoms with van der Waals surface area (Å²) in [6, 6.07) is 13.6. The third-order valence-electron chi connectivity index (χ3n) is 3.79. The highest BCUT2D eigenvalue weighted by Gasteiger charge is 2.20. The Morgan fingerprint density at radius 3 is 2.65 bits per heavy atom. The fourth-order valence-electron chi connectivity index (χ4n) is 2.51. The molecule has 0 saturated heterocycles. The summed E-state index contributed by atoms with van der Waals surface area (Å²) >= 11 is 6.06. The van der Waals surface area contributed by atoms with E-state index in [9.17, 15) is 9.18 Å². The number of carbonyl (C=O) groups is 1. The molecule has 0 radical (unpaired) electrons. The van der Waals surface area contributed by atoms with Gasteiger partial charge < -0.3 is 10.2 Å². The maximum Gasteiger partial charge on any atom is 0.242 e. The topological polar surface area (TPSA) is 32.3 Å². The van der Waals surface area contributed by atoms with Crippen molar-refractivity contribution in [3.63, 3.8) is 0 Å². The predicted octanol–water partition coefficient (Wildman–Crippen LogP) is 3.82. The van der Waals surface area contributed by atoms with E-state index in [1.54, 1.807) is 23.1 Å². The first kappa shape index (κ1) is 15.6. The van der Waals surface area contributed by atoms with Gasteiger partial charge in [-0.25, -0.2) is 4.39 Å². The zero-order valence-corrected chi connectivity index (χ0v) is 13.2. The minimum absolute atomic E-state index is 0.00159. The molecule has 2 aromatic rings. The Kier molecular flexibility index (Phi) is 4.63. The number of para-hydroxylation sites is 1. The molecule has 0 unspecified atom stereocenters. The largest absolute Gasteiger partial charge is 0.375 e. The van der Waals surface area contributed by atoms with Crippen LogP contribution in [0.5, 0.6) is 0 Å². The number of nitrogens with zero attached hydrogens (tertiary/aromatic N) is 1. The Morgan fingerprint density at radius 2 is 1.91 bits per heavy atom. The predicted molar refractivity (Wildman–Crippen MR) is 90.9 cm³/mol.